The first kappa shape index (κ1) is 18.0. The SMILES string of the molecule is CC(CCc1ccccn1)(CCc1ccccn1)C(=O)c1ccccc1. The van der Waals surface area contributed by atoms with Crippen molar-refractivity contribution in [2.75, 3.05) is 0 Å². The van der Waals surface area contributed by atoms with Gasteiger partial charge in [-0.1, -0.05) is 49.4 Å². The molecule has 0 atom stereocenters. The number of hydrogen-bond acceptors (Lipinski definition) is 3. The molecule has 3 aromatic rings. The quantitative estimate of drug-likeness (QED) is 0.544. The third-order valence-electron chi connectivity index (χ3n) is 4.90. The Hall–Kier alpha value is -2.81. The number of aromatic nitrogens is 2. The summed E-state index contributed by atoms with van der Waals surface area (Å²) in [6.07, 6.45) is 6.73. The molecule has 0 radical (unpaired) electrons. The average molecular weight is 344 g/mol. The lowest BCUT2D eigenvalue weighted by atomic mass is 9.74. The first-order chi connectivity index (χ1) is 12.7. The van der Waals surface area contributed by atoms with Crippen molar-refractivity contribution in [1.82, 2.24) is 9.97 Å². The molecule has 3 rings (SSSR count). The zero-order valence-electron chi connectivity index (χ0n) is 15.1. The lowest BCUT2D eigenvalue weighted by Gasteiger charge is -2.28. The fourth-order valence-corrected chi connectivity index (χ4v) is 3.19. The highest BCUT2D eigenvalue weighted by molar-refractivity contribution is 6.00. The number of nitrogens with zero attached hydrogens (tertiary/aromatic N) is 2. The molecule has 26 heavy (non-hydrogen) atoms. The Labute approximate surface area is 155 Å². The van der Waals surface area contributed by atoms with E-state index in [2.05, 4.69) is 16.9 Å². The summed E-state index contributed by atoms with van der Waals surface area (Å²) in [4.78, 5) is 22.1. The van der Waals surface area contributed by atoms with E-state index in [-0.39, 0.29) is 5.78 Å². The maximum atomic E-state index is 13.3. The van der Waals surface area contributed by atoms with Crippen LogP contribution in [-0.2, 0) is 12.8 Å². The molecule has 0 bridgehead atoms. The summed E-state index contributed by atoms with van der Waals surface area (Å²) in [5.41, 5.74) is 2.38. The average Bonchev–Trinajstić information content (AvgIpc) is 2.72. The zero-order chi connectivity index (χ0) is 18.2. The number of benzene rings is 1. The monoisotopic (exact) mass is 344 g/mol. The van der Waals surface area contributed by atoms with Gasteiger partial charge in [0, 0.05) is 34.8 Å². The third-order valence-corrected chi connectivity index (χ3v) is 4.90. The van der Waals surface area contributed by atoms with Gasteiger partial charge in [0.05, 0.1) is 0 Å². The first-order valence-electron chi connectivity index (χ1n) is 9.07. The van der Waals surface area contributed by atoms with Crippen molar-refractivity contribution < 1.29 is 4.79 Å². The van der Waals surface area contributed by atoms with E-state index in [0.29, 0.717) is 0 Å². The summed E-state index contributed by atoms with van der Waals surface area (Å²) in [6, 6.07) is 21.5. The molecule has 3 heteroatoms. The van der Waals surface area contributed by atoms with Gasteiger partial charge in [0.1, 0.15) is 0 Å². The van der Waals surface area contributed by atoms with Crippen LogP contribution in [0.5, 0.6) is 0 Å². The number of ketones is 1. The Morgan fingerprint density at radius 1 is 0.769 bits per heavy atom. The standard InChI is InChI=1S/C23H24N2O/c1-23(15-13-20-11-5-7-17-24-20,16-14-21-12-6-8-18-25-21)22(26)19-9-3-2-4-10-19/h2-12,17-18H,13-16H2,1H3. The molecule has 132 valence electrons. The minimum Gasteiger partial charge on any atom is -0.294 e. The highest BCUT2D eigenvalue weighted by Gasteiger charge is 2.33. The maximum Gasteiger partial charge on any atom is 0.168 e. The van der Waals surface area contributed by atoms with E-state index < -0.39 is 5.41 Å². The fraction of sp³-hybridized carbons (Fsp3) is 0.261. The van der Waals surface area contributed by atoms with E-state index >= 15 is 0 Å². The molecular formula is C23H24N2O. The topological polar surface area (TPSA) is 42.9 Å². The number of carbonyl (C=O) groups is 1. The van der Waals surface area contributed by atoms with Crippen LogP contribution in [0, 0.1) is 5.41 Å². The Morgan fingerprint density at radius 3 is 1.73 bits per heavy atom. The van der Waals surface area contributed by atoms with Gasteiger partial charge in [-0.2, -0.15) is 0 Å². The summed E-state index contributed by atoms with van der Waals surface area (Å²) in [5, 5.41) is 0. The summed E-state index contributed by atoms with van der Waals surface area (Å²) in [6.45, 7) is 2.08. The van der Waals surface area contributed by atoms with Crippen molar-refractivity contribution in [1.29, 1.82) is 0 Å². The molecule has 0 N–H and O–H groups in total. The van der Waals surface area contributed by atoms with Gasteiger partial charge in [-0.3, -0.25) is 14.8 Å². The lowest BCUT2D eigenvalue weighted by molar-refractivity contribution is 0.0787. The number of Topliss-reactive ketones (excluding diaryl/α,β-unsaturated/α-hetero) is 1. The predicted molar refractivity (Wildman–Crippen MR) is 104 cm³/mol. The van der Waals surface area contributed by atoms with E-state index in [9.17, 15) is 4.79 Å². The lowest BCUT2D eigenvalue weighted by Crippen LogP contribution is -2.29. The van der Waals surface area contributed by atoms with Crippen molar-refractivity contribution >= 4 is 5.78 Å². The van der Waals surface area contributed by atoms with Gasteiger partial charge >= 0.3 is 0 Å². The van der Waals surface area contributed by atoms with Crippen LogP contribution < -0.4 is 0 Å². The molecular weight excluding hydrogens is 320 g/mol. The third kappa shape index (κ3) is 4.63. The van der Waals surface area contributed by atoms with Crippen LogP contribution in [0.2, 0.25) is 0 Å². The molecule has 0 fully saturated rings. The molecule has 0 aliphatic rings. The Morgan fingerprint density at radius 2 is 1.27 bits per heavy atom. The molecule has 0 aliphatic carbocycles. The number of pyridine rings is 2. The van der Waals surface area contributed by atoms with Crippen LogP contribution in [-0.4, -0.2) is 15.8 Å². The highest BCUT2D eigenvalue weighted by Crippen LogP contribution is 2.33. The normalized spacial score (nSPS) is 11.3. The maximum absolute atomic E-state index is 13.3. The zero-order valence-corrected chi connectivity index (χ0v) is 15.1. The van der Waals surface area contributed by atoms with Crippen LogP contribution in [0.3, 0.4) is 0 Å². The van der Waals surface area contributed by atoms with E-state index in [1.807, 2.05) is 66.7 Å². The molecule has 3 nitrogen and oxygen atoms in total. The fourth-order valence-electron chi connectivity index (χ4n) is 3.19. The summed E-state index contributed by atoms with van der Waals surface area (Å²) < 4.78 is 0. The second-order valence-corrected chi connectivity index (χ2v) is 6.90. The van der Waals surface area contributed by atoms with Crippen molar-refractivity contribution in [3.05, 3.63) is 96.1 Å². The van der Waals surface area contributed by atoms with E-state index in [4.69, 9.17) is 0 Å². The number of rotatable bonds is 8. The van der Waals surface area contributed by atoms with E-state index in [0.717, 1.165) is 42.6 Å². The van der Waals surface area contributed by atoms with Gasteiger partial charge < -0.3 is 0 Å². The molecule has 2 heterocycles. The minimum atomic E-state index is -0.448. The Kier molecular flexibility index (Phi) is 5.90. The minimum absolute atomic E-state index is 0.199. The van der Waals surface area contributed by atoms with Crippen molar-refractivity contribution in [2.24, 2.45) is 5.41 Å². The van der Waals surface area contributed by atoms with Crippen molar-refractivity contribution in [3.63, 3.8) is 0 Å². The van der Waals surface area contributed by atoms with Gasteiger partial charge in [-0.25, -0.2) is 0 Å². The van der Waals surface area contributed by atoms with Crippen LogP contribution in [0.15, 0.2) is 79.1 Å². The van der Waals surface area contributed by atoms with Gasteiger partial charge in [0.2, 0.25) is 0 Å². The van der Waals surface area contributed by atoms with Crippen LogP contribution >= 0.6 is 0 Å². The van der Waals surface area contributed by atoms with Gasteiger partial charge in [0.25, 0.3) is 0 Å². The van der Waals surface area contributed by atoms with Crippen LogP contribution in [0.25, 0.3) is 0 Å². The number of hydrogen-bond donors (Lipinski definition) is 0. The van der Waals surface area contributed by atoms with Crippen molar-refractivity contribution in [3.8, 4) is 0 Å². The Balaban J connectivity index is 1.78. The summed E-state index contributed by atoms with van der Waals surface area (Å²) >= 11 is 0. The van der Waals surface area contributed by atoms with Crippen LogP contribution in [0.4, 0.5) is 0 Å². The second-order valence-electron chi connectivity index (χ2n) is 6.90. The first-order valence-corrected chi connectivity index (χ1v) is 9.07. The van der Waals surface area contributed by atoms with Crippen LogP contribution in [0.1, 0.15) is 41.5 Å². The molecule has 1 aromatic carbocycles. The smallest absolute Gasteiger partial charge is 0.168 e. The van der Waals surface area contributed by atoms with Gasteiger partial charge in [0.15, 0.2) is 5.78 Å². The predicted octanol–water partition coefficient (Wildman–Crippen LogP) is 4.93. The van der Waals surface area contributed by atoms with Crippen molar-refractivity contribution in [2.45, 2.75) is 32.6 Å². The molecule has 0 spiro atoms. The molecule has 0 saturated carbocycles. The summed E-state index contributed by atoms with van der Waals surface area (Å²) in [7, 11) is 0. The highest BCUT2D eigenvalue weighted by atomic mass is 16.1. The number of carbonyl (C=O) groups excluding carboxylic acids is 1. The van der Waals surface area contributed by atoms with Gasteiger partial charge in [-0.05, 0) is 49.9 Å². The number of aryl methyl sites for hydroxylation is 2. The largest absolute Gasteiger partial charge is 0.294 e. The molecule has 0 saturated heterocycles. The summed E-state index contributed by atoms with van der Waals surface area (Å²) in [5.74, 6) is 0.199. The molecule has 0 amide bonds. The molecule has 0 unspecified atom stereocenters. The Bertz CT molecular complexity index is 773. The van der Waals surface area contributed by atoms with E-state index in [1.165, 1.54) is 0 Å². The molecule has 0 aliphatic heterocycles. The van der Waals surface area contributed by atoms with E-state index in [1.54, 1.807) is 12.4 Å². The van der Waals surface area contributed by atoms with Gasteiger partial charge in [-0.15, -0.1) is 0 Å². The molecule has 2 aromatic heterocycles. The second kappa shape index (κ2) is 8.52.